The average molecular weight is 600 g/mol. The number of alkyl halides is 3. The summed E-state index contributed by atoms with van der Waals surface area (Å²) in [6, 6.07) is 7.07. The SMILES string of the molecule is CCCCCCCCCCCCCCCCCC(=O)NC(NC(=S)Nc1cccc(Cl)c1)C(Cl)(Cl)Cl. The first-order valence-corrected chi connectivity index (χ1v) is 15.3. The standard InChI is InChI=1S/C27H43Cl4N3OS/c1-2-3-4-5-6-7-8-9-10-11-12-13-14-15-16-20-24(35)33-25(27(29,30)31)34-26(36)32-23-19-17-18-22(28)21-23/h17-19,21,25H,2-16,20H2,1H3,(H,33,35)(H2,32,34,36). The minimum absolute atomic E-state index is 0.181. The Morgan fingerprint density at radius 2 is 1.33 bits per heavy atom. The van der Waals surface area contributed by atoms with Crippen molar-refractivity contribution in [3.63, 3.8) is 0 Å². The number of nitrogens with one attached hydrogen (secondary N) is 3. The molecule has 0 saturated heterocycles. The summed E-state index contributed by atoms with van der Waals surface area (Å²) in [4.78, 5) is 12.4. The summed E-state index contributed by atoms with van der Waals surface area (Å²) in [6.07, 6.45) is 18.6. The summed E-state index contributed by atoms with van der Waals surface area (Å²) in [5.74, 6) is -0.181. The molecule has 1 atom stereocenters. The number of halogens is 4. The maximum absolute atomic E-state index is 12.4. The van der Waals surface area contributed by atoms with Crippen molar-refractivity contribution in [1.29, 1.82) is 0 Å². The van der Waals surface area contributed by atoms with Gasteiger partial charge < -0.3 is 16.0 Å². The van der Waals surface area contributed by atoms with Gasteiger partial charge in [0, 0.05) is 17.1 Å². The molecule has 206 valence electrons. The third kappa shape index (κ3) is 17.9. The van der Waals surface area contributed by atoms with Crippen LogP contribution < -0.4 is 16.0 Å². The van der Waals surface area contributed by atoms with Crippen LogP contribution in [0.15, 0.2) is 24.3 Å². The molecule has 3 N–H and O–H groups in total. The van der Waals surface area contributed by atoms with Crippen molar-refractivity contribution < 1.29 is 4.79 Å². The van der Waals surface area contributed by atoms with Crippen LogP contribution in [-0.4, -0.2) is 21.0 Å². The van der Waals surface area contributed by atoms with Crippen LogP contribution in [0.1, 0.15) is 110 Å². The van der Waals surface area contributed by atoms with E-state index >= 15 is 0 Å². The molecule has 1 rings (SSSR count). The number of carbonyl (C=O) groups is 1. The number of anilines is 1. The van der Waals surface area contributed by atoms with Crippen LogP contribution in [0.2, 0.25) is 5.02 Å². The molecule has 0 aliphatic rings. The number of carbonyl (C=O) groups excluding carboxylic acids is 1. The van der Waals surface area contributed by atoms with Gasteiger partial charge in [0.05, 0.1) is 0 Å². The molecule has 1 aromatic rings. The Kier molecular flexibility index (Phi) is 19.1. The zero-order chi connectivity index (χ0) is 26.7. The third-order valence-corrected chi connectivity index (χ3v) is 7.11. The number of hydrogen-bond donors (Lipinski definition) is 3. The second-order valence-corrected chi connectivity index (χ2v) is 12.6. The smallest absolute Gasteiger partial charge is 0.228 e. The molecule has 1 unspecified atom stereocenters. The largest absolute Gasteiger partial charge is 0.339 e. The fourth-order valence-electron chi connectivity index (χ4n) is 3.95. The third-order valence-electron chi connectivity index (χ3n) is 6.00. The normalized spacial score (nSPS) is 12.2. The van der Waals surface area contributed by atoms with E-state index in [-0.39, 0.29) is 11.0 Å². The number of rotatable bonds is 19. The van der Waals surface area contributed by atoms with E-state index in [1.807, 2.05) is 0 Å². The maximum atomic E-state index is 12.4. The molecule has 0 bridgehead atoms. The Hall–Kier alpha value is -0.460. The van der Waals surface area contributed by atoms with Crippen LogP contribution in [-0.2, 0) is 4.79 Å². The van der Waals surface area contributed by atoms with Gasteiger partial charge in [-0.05, 0) is 36.8 Å². The lowest BCUT2D eigenvalue weighted by molar-refractivity contribution is -0.122. The van der Waals surface area contributed by atoms with E-state index in [4.69, 9.17) is 58.6 Å². The monoisotopic (exact) mass is 597 g/mol. The molecular weight excluding hydrogens is 556 g/mol. The Bertz CT molecular complexity index is 746. The molecule has 9 heteroatoms. The number of hydrogen-bond acceptors (Lipinski definition) is 2. The molecule has 0 saturated carbocycles. The van der Waals surface area contributed by atoms with E-state index in [1.165, 1.54) is 77.0 Å². The molecule has 1 aromatic carbocycles. The lowest BCUT2D eigenvalue weighted by atomic mass is 10.0. The highest BCUT2D eigenvalue weighted by Gasteiger charge is 2.34. The zero-order valence-corrected chi connectivity index (χ0v) is 25.4. The number of benzene rings is 1. The van der Waals surface area contributed by atoms with Crippen LogP contribution in [0.25, 0.3) is 0 Å². The molecule has 0 aromatic heterocycles. The van der Waals surface area contributed by atoms with Gasteiger partial charge in [-0.2, -0.15) is 0 Å². The van der Waals surface area contributed by atoms with Crippen LogP contribution in [0, 0.1) is 0 Å². The van der Waals surface area contributed by atoms with Gasteiger partial charge in [0.15, 0.2) is 5.11 Å². The van der Waals surface area contributed by atoms with Gasteiger partial charge in [-0.25, -0.2) is 0 Å². The second-order valence-electron chi connectivity index (χ2n) is 9.35. The Labute approximate surface area is 243 Å². The van der Waals surface area contributed by atoms with Gasteiger partial charge in [-0.15, -0.1) is 0 Å². The van der Waals surface area contributed by atoms with Crippen molar-refractivity contribution in [3.8, 4) is 0 Å². The van der Waals surface area contributed by atoms with Crippen LogP contribution in [0.4, 0.5) is 5.69 Å². The number of unbranched alkanes of at least 4 members (excludes halogenated alkanes) is 14. The summed E-state index contributed by atoms with van der Waals surface area (Å²) >= 11 is 29.5. The fraction of sp³-hybridized carbons (Fsp3) is 0.704. The lowest BCUT2D eigenvalue weighted by Gasteiger charge is -2.27. The molecular formula is C27H43Cl4N3OS. The number of thiocarbonyl (C=S) groups is 1. The molecule has 0 spiro atoms. The predicted octanol–water partition coefficient (Wildman–Crippen LogP) is 9.70. The van der Waals surface area contributed by atoms with Crippen molar-refractivity contribution in [3.05, 3.63) is 29.3 Å². The molecule has 0 radical (unpaired) electrons. The second kappa shape index (κ2) is 20.5. The Morgan fingerprint density at radius 1 is 0.833 bits per heavy atom. The van der Waals surface area contributed by atoms with E-state index in [9.17, 15) is 4.79 Å². The molecule has 0 aliphatic carbocycles. The first kappa shape index (κ1) is 33.6. The quantitative estimate of drug-likeness (QED) is 0.0642. The summed E-state index contributed by atoms with van der Waals surface area (Å²) < 4.78 is -1.77. The average Bonchev–Trinajstić information content (AvgIpc) is 2.80. The Morgan fingerprint density at radius 3 is 1.81 bits per heavy atom. The van der Waals surface area contributed by atoms with Gasteiger partial charge in [-0.3, -0.25) is 4.79 Å². The zero-order valence-electron chi connectivity index (χ0n) is 21.5. The van der Waals surface area contributed by atoms with E-state index in [0.717, 1.165) is 19.3 Å². The highest BCUT2D eigenvalue weighted by molar-refractivity contribution is 7.80. The summed E-state index contributed by atoms with van der Waals surface area (Å²) in [5.41, 5.74) is 0.687. The minimum Gasteiger partial charge on any atom is -0.339 e. The van der Waals surface area contributed by atoms with Crippen molar-refractivity contribution in [1.82, 2.24) is 10.6 Å². The topological polar surface area (TPSA) is 53.2 Å². The summed E-state index contributed by atoms with van der Waals surface area (Å²) in [6.45, 7) is 2.26. The maximum Gasteiger partial charge on any atom is 0.228 e. The molecule has 1 amide bonds. The molecule has 0 heterocycles. The molecule has 4 nitrogen and oxygen atoms in total. The first-order valence-electron chi connectivity index (χ1n) is 13.4. The summed E-state index contributed by atoms with van der Waals surface area (Å²) in [5, 5.41) is 9.34. The van der Waals surface area contributed by atoms with Crippen molar-refractivity contribution >= 4 is 75.3 Å². The van der Waals surface area contributed by atoms with E-state index in [1.54, 1.807) is 24.3 Å². The van der Waals surface area contributed by atoms with Crippen LogP contribution >= 0.6 is 58.6 Å². The van der Waals surface area contributed by atoms with Gasteiger partial charge in [-0.1, -0.05) is 149 Å². The van der Waals surface area contributed by atoms with Gasteiger partial charge in [0.2, 0.25) is 9.70 Å². The van der Waals surface area contributed by atoms with Gasteiger partial charge in [0.25, 0.3) is 0 Å². The highest BCUT2D eigenvalue weighted by Crippen LogP contribution is 2.29. The van der Waals surface area contributed by atoms with Crippen molar-refractivity contribution in [2.75, 3.05) is 5.32 Å². The lowest BCUT2D eigenvalue weighted by Crippen LogP contribution is -2.56. The van der Waals surface area contributed by atoms with Crippen molar-refractivity contribution in [2.45, 2.75) is 120 Å². The highest BCUT2D eigenvalue weighted by atomic mass is 35.6. The predicted molar refractivity (Wildman–Crippen MR) is 163 cm³/mol. The molecule has 36 heavy (non-hydrogen) atoms. The minimum atomic E-state index is -1.77. The summed E-state index contributed by atoms with van der Waals surface area (Å²) in [7, 11) is 0. The molecule has 0 aliphatic heterocycles. The van der Waals surface area contributed by atoms with E-state index in [2.05, 4.69) is 22.9 Å². The van der Waals surface area contributed by atoms with E-state index in [0.29, 0.717) is 17.1 Å². The molecule has 0 fully saturated rings. The fourth-order valence-corrected chi connectivity index (χ4v) is 4.71. The first-order chi connectivity index (χ1) is 17.2. The van der Waals surface area contributed by atoms with E-state index < -0.39 is 9.96 Å². The van der Waals surface area contributed by atoms with Gasteiger partial charge in [0.1, 0.15) is 6.17 Å². The van der Waals surface area contributed by atoms with Crippen molar-refractivity contribution in [2.24, 2.45) is 0 Å². The van der Waals surface area contributed by atoms with Gasteiger partial charge >= 0.3 is 0 Å². The van der Waals surface area contributed by atoms with Crippen LogP contribution in [0.5, 0.6) is 0 Å². The Balaban J connectivity index is 2.12. The number of amides is 1. The van der Waals surface area contributed by atoms with Crippen LogP contribution in [0.3, 0.4) is 0 Å².